The van der Waals surface area contributed by atoms with Gasteiger partial charge in [0, 0.05) is 62.2 Å². The van der Waals surface area contributed by atoms with Crippen molar-refractivity contribution in [2.75, 3.05) is 13.2 Å². The lowest BCUT2D eigenvalue weighted by atomic mass is 9.95. The monoisotopic (exact) mass is 1480 g/mol. The van der Waals surface area contributed by atoms with Gasteiger partial charge < -0.3 is 4.74 Å². The number of benzene rings is 13. The summed E-state index contributed by atoms with van der Waals surface area (Å²) in [6.45, 7) is 5.67. The predicted octanol–water partition coefficient (Wildman–Crippen LogP) is 24.1. The van der Waals surface area contributed by atoms with Crippen molar-refractivity contribution >= 4 is 44.8 Å². The largest absolute Gasteiger partial charge is 0.382 e. The van der Waals surface area contributed by atoms with Crippen LogP contribution in [0.1, 0.15) is 13.8 Å². The minimum absolute atomic E-state index is 0.844. The van der Waals surface area contributed by atoms with E-state index in [1.807, 2.05) is 38.1 Å². The molecule has 524 valence electrons. The third-order valence-electron chi connectivity index (χ3n) is 19.5. The van der Waals surface area contributed by atoms with Crippen LogP contribution < -0.4 is 20.7 Å². The zero-order valence-electron chi connectivity index (χ0n) is 60.8. The number of hydrogen-bond donors (Lipinski definition) is 0. The first-order chi connectivity index (χ1) is 53.8. The van der Waals surface area contributed by atoms with E-state index in [0.29, 0.717) is 0 Å². The SMILES string of the molecule is Brc1cc(-c2cc(-c3ccccc3)nc(-c3ccccc3)c2)cc(-c2cc(-c3ccccc3)nc(-c3ccccc3)c2)c1.CCOCC.c1ccc(-c2cc(-c3cc(-c4cc(-c5ccccc5)nc(-c5ccccc5)c4)cc([Si](c4ccccc4)(c4ccccc4)c4ccccc4)c3)cc(-c3ccccc3)n2)cc1. The summed E-state index contributed by atoms with van der Waals surface area (Å²) in [6, 6.07) is 149. The summed E-state index contributed by atoms with van der Waals surface area (Å²) in [5, 5.41) is 5.27. The molecule has 17 aromatic rings. The molecular weight excluding hydrogens is 1410 g/mol. The molecule has 0 bridgehead atoms. The standard InChI is InChI=1S/C58H42N2Si.C40H27BrN2.C4H10O/c1-8-22-43(23-9-1)55-39-49(40-56(59-55)44-24-10-2-11-25-44)47-36-48(50-41-57(45-26-12-3-13-27-45)60-58(42-50)46-28-14-4-15-29-46)38-54(37-47)61(51-30-16-5-17-31-51,52-32-18-6-19-33-52)53-34-20-7-21-35-53;41-36-22-32(34-24-37(28-13-5-1-6-14-28)42-38(25-34)29-15-7-2-8-16-29)21-33(23-36)35-26-39(30-17-9-3-10-18-30)43-40(27-35)31-19-11-4-12-20-31;1-3-5-4-2/h1-42H;1-27H;3-4H2,1-2H3. The summed E-state index contributed by atoms with van der Waals surface area (Å²) in [6.07, 6.45) is 0. The van der Waals surface area contributed by atoms with Crippen LogP contribution in [0.2, 0.25) is 0 Å². The zero-order chi connectivity index (χ0) is 74.0. The molecule has 0 aliphatic heterocycles. The molecule has 0 amide bonds. The highest BCUT2D eigenvalue weighted by Gasteiger charge is 2.42. The first kappa shape index (κ1) is 71.7. The second-order valence-electron chi connectivity index (χ2n) is 26.6. The van der Waals surface area contributed by atoms with Gasteiger partial charge in [0.25, 0.3) is 0 Å². The van der Waals surface area contributed by atoms with E-state index in [1.54, 1.807) is 0 Å². The molecule has 0 atom stereocenters. The van der Waals surface area contributed by atoms with Crippen LogP contribution in [0.15, 0.2) is 423 Å². The van der Waals surface area contributed by atoms with Crippen molar-refractivity contribution in [3.05, 3.63) is 423 Å². The average Bonchev–Trinajstić information content (AvgIpc) is 0.732. The average molecular weight is 1480 g/mol. The Morgan fingerprint density at radius 1 is 0.193 bits per heavy atom. The van der Waals surface area contributed by atoms with Gasteiger partial charge in [0.15, 0.2) is 8.07 Å². The number of rotatable bonds is 18. The lowest BCUT2D eigenvalue weighted by Crippen LogP contribution is -2.74. The van der Waals surface area contributed by atoms with Crippen LogP contribution in [-0.2, 0) is 4.74 Å². The normalized spacial score (nSPS) is 11.0. The summed E-state index contributed by atoms with van der Waals surface area (Å²) >= 11 is 3.83. The van der Waals surface area contributed by atoms with Crippen molar-refractivity contribution in [1.29, 1.82) is 0 Å². The molecule has 0 radical (unpaired) electrons. The molecule has 0 fully saturated rings. The highest BCUT2D eigenvalue weighted by atomic mass is 79.9. The molecule has 13 aromatic carbocycles. The summed E-state index contributed by atoms with van der Waals surface area (Å²) in [7, 11) is -2.97. The fourth-order valence-corrected chi connectivity index (χ4v) is 19.5. The number of ether oxygens (including phenoxy) is 1. The molecule has 109 heavy (non-hydrogen) atoms. The van der Waals surface area contributed by atoms with Gasteiger partial charge in [-0.1, -0.05) is 362 Å². The van der Waals surface area contributed by atoms with E-state index in [2.05, 4.69) is 410 Å². The zero-order valence-corrected chi connectivity index (χ0v) is 63.4. The third kappa shape index (κ3) is 16.9. The lowest BCUT2D eigenvalue weighted by Gasteiger charge is -2.35. The maximum atomic E-state index is 5.28. The van der Waals surface area contributed by atoms with Gasteiger partial charge in [-0.2, -0.15) is 0 Å². The van der Waals surface area contributed by atoms with Gasteiger partial charge in [-0.15, -0.1) is 0 Å². The van der Waals surface area contributed by atoms with Crippen LogP contribution >= 0.6 is 15.9 Å². The summed E-state index contributed by atoms with van der Waals surface area (Å²) in [5.74, 6) is 0. The van der Waals surface area contributed by atoms with E-state index in [9.17, 15) is 0 Å². The molecule has 17 rings (SSSR count). The van der Waals surface area contributed by atoms with Crippen LogP contribution in [0.3, 0.4) is 0 Å². The van der Waals surface area contributed by atoms with Crippen LogP contribution in [0.25, 0.3) is 135 Å². The second-order valence-corrected chi connectivity index (χ2v) is 31.3. The van der Waals surface area contributed by atoms with Crippen molar-refractivity contribution in [3.63, 3.8) is 0 Å². The predicted molar refractivity (Wildman–Crippen MR) is 463 cm³/mol. The maximum Gasteiger partial charge on any atom is 0.179 e. The van der Waals surface area contributed by atoms with E-state index in [4.69, 9.17) is 24.7 Å². The number of hydrogen-bond acceptors (Lipinski definition) is 5. The molecule has 4 aromatic heterocycles. The first-order valence-electron chi connectivity index (χ1n) is 37.1. The van der Waals surface area contributed by atoms with Crippen molar-refractivity contribution in [2.24, 2.45) is 0 Å². The number of pyridine rings is 4. The molecular formula is C102H79BrN4OSi. The number of nitrogens with zero attached hydrogens (tertiary/aromatic N) is 4. The molecule has 0 N–H and O–H groups in total. The fraction of sp³-hybridized carbons (Fsp3) is 0.0392. The summed E-state index contributed by atoms with van der Waals surface area (Å²) in [5.41, 5.74) is 25.1. The number of aromatic nitrogens is 4. The van der Waals surface area contributed by atoms with Gasteiger partial charge in [-0.3, -0.25) is 0 Å². The highest BCUT2D eigenvalue weighted by molar-refractivity contribution is 9.10. The lowest BCUT2D eigenvalue weighted by molar-refractivity contribution is 0.162. The van der Waals surface area contributed by atoms with Crippen LogP contribution in [0, 0.1) is 0 Å². The minimum atomic E-state index is -2.97. The Hall–Kier alpha value is -12.9. The van der Waals surface area contributed by atoms with Gasteiger partial charge in [0.1, 0.15) is 0 Å². The topological polar surface area (TPSA) is 60.8 Å². The van der Waals surface area contributed by atoms with Gasteiger partial charge in [0.05, 0.1) is 45.6 Å². The highest BCUT2D eigenvalue weighted by Crippen LogP contribution is 2.39. The smallest absolute Gasteiger partial charge is 0.179 e. The maximum absolute atomic E-state index is 5.28. The molecule has 0 saturated heterocycles. The van der Waals surface area contributed by atoms with E-state index in [-0.39, 0.29) is 0 Å². The molecule has 0 saturated carbocycles. The van der Waals surface area contributed by atoms with Crippen LogP contribution in [0.5, 0.6) is 0 Å². The van der Waals surface area contributed by atoms with Gasteiger partial charge >= 0.3 is 0 Å². The van der Waals surface area contributed by atoms with Gasteiger partial charge in [-0.25, -0.2) is 19.9 Å². The minimum Gasteiger partial charge on any atom is -0.382 e. The van der Waals surface area contributed by atoms with Gasteiger partial charge in [0.2, 0.25) is 0 Å². The Balaban J connectivity index is 0.000000172. The Labute approximate surface area is 649 Å². The molecule has 0 aliphatic rings. The van der Waals surface area contributed by atoms with E-state index >= 15 is 0 Å². The van der Waals surface area contributed by atoms with Gasteiger partial charge in [-0.05, 0) is 152 Å². The quantitative estimate of drug-likeness (QED) is 0.0633. The Bertz CT molecular complexity index is 5190. The fourth-order valence-electron chi connectivity index (χ4n) is 14.2. The molecule has 0 aliphatic carbocycles. The van der Waals surface area contributed by atoms with Crippen molar-refractivity contribution in [2.45, 2.75) is 13.8 Å². The molecule has 4 heterocycles. The number of halogens is 1. The Morgan fingerprint density at radius 3 is 0.532 bits per heavy atom. The van der Waals surface area contributed by atoms with E-state index in [0.717, 1.165) is 152 Å². The van der Waals surface area contributed by atoms with Crippen LogP contribution in [-0.4, -0.2) is 41.2 Å². The molecule has 5 nitrogen and oxygen atoms in total. The van der Waals surface area contributed by atoms with Crippen molar-refractivity contribution in [3.8, 4) is 135 Å². The second kappa shape index (κ2) is 34.6. The summed E-state index contributed by atoms with van der Waals surface area (Å²) < 4.78 is 5.85. The van der Waals surface area contributed by atoms with E-state index in [1.165, 1.54) is 20.7 Å². The van der Waals surface area contributed by atoms with Crippen LogP contribution in [0.4, 0.5) is 0 Å². The first-order valence-corrected chi connectivity index (χ1v) is 39.9. The van der Waals surface area contributed by atoms with E-state index < -0.39 is 8.07 Å². The van der Waals surface area contributed by atoms with Crippen molar-refractivity contribution < 1.29 is 4.74 Å². The van der Waals surface area contributed by atoms with Crippen molar-refractivity contribution in [1.82, 2.24) is 19.9 Å². The molecule has 7 heteroatoms. The Kier molecular flexibility index (Phi) is 22.7. The molecule has 0 unspecified atom stereocenters. The molecule has 0 spiro atoms. The summed E-state index contributed by atoms with van der Waals surface area (Å²) in [4.78, 5) is 20.7. The third-order valence-corrected chi connectivity index (χ3v) is 24.7. The Morgan fingerprint density at radius 2 is 0.358 bits per heavy atom.